The molecule has 88 valence electrons. The zero-order valence-corrected chi connectivity index (χ0v) is 9.14. The average Bonchev–Trinajstić information content (AvgIpc) is 2.15. The second-order valence-corrected chi connectivity index (χ2v) is 3.98. The van der Waals surface area contributed by atoms with Crippen LogP contribution in [0.25, 0.3) is 0 Å². The molecule has 0 aromatic rings. The Balaban J connectivity index is 4.81. The molecular formula is C10H16F2O3. The van der Waals surface area contributed by atoms with Gasteiger partial charge in [0.05, 0.1) is 0 Å². The molecule has 15 heavy (non-hydrogen) atoms. The Morgan fingerprint density at radius 2 is 1.80 bits per heavy atom. The van der Waals surface area contributed by atoms with E-state index in [-0.39, 0.29) is 5.57 Å². The third-order valence-corrected chi connectivity index (χ3v) is 2.26. The number of rotatable bonds is 5. The Bertz CT molecular complexity index is 257. The van der Waals surface area contributed by atoms with Crippen LogP contribution < -0.4 is 0 Å². The quantitative estimate of drug-likeness (QED) is 0.567. The third-order valence-electron chi connectivity index (χ3n) is 2.26. The lowest BCUT2D eigenvalue weighted by Gasteiger charge is -2.37. The summed E-state index contributed by atoms with van der Waals surface area (Å²) in [5.74, 6) is -0.791. The number of alkyl halides is 2. The molecule has 0 amide bonds. The highest BCUT2D eigenvalue weighted by atomic mass is 19.1. The van der Waals surface area contributed by atoms with Gasteiger partial charge in [-0.15, -0.1) is 0 Å². The van der Waals surface area contributed by atoms with Crippen molar-refractivity contribution in [2.24, 2.45) is 0 Å². The van der Waals surface area contributed by atoms with Crippen molar-refractivity contribution in [2.75, 3.05) is 13.3 Å². The molecule has 0 aliphatic heterocycles. The second-order valence-electron chi connectivity index (χ2n) is 3.98. The minimum absolute atomic E-state index is 0.100. The first-order valence-corrected chi connectivity index (χ1v) is 4.43. The van der Waals surface area contributed by atoms with Crippen molar-refractivity contribution in [3.8, 4) is 0 Å². The van der Waals surface area contributed by atoms with Crippen LogP contribution in [0.15, 0.2) is 12.2 Å². The van der Waals surface area contributed by atoms with Gasteiger partial charge in [0, 0.05) is 5.57 Å². The number of esters is 1. The van der Waals surface area contributed by atoms with E-state index in [2.05, 4.69) is 6.58 Å². The predicted octanol–water partition coefficient (Wildman–Crippen LogP) is 1.55. The molecule has 0 saturated heterocycles. The molecule has 0 fully saturated rings. The smallest absolute Gasteiger partial charge is 0.333 e. The van der Waals surface area contributed by atoms with Crippen LogP contribution in [-0.4, -0.2) is 35.6 Å². The lowest BCUT2D eigenvalue weighted by atomic mass is 9.88. The van der Waals surface area contributed by atoms with E-state index in [1.807, 2.05) is 0 Å². The van der Waals surface area contributed by atoms with Crippen LogP contribution in [0.4, 0.5) is 8.78 Å². The van der Waals surface area contributed by atoms with Crippen molar-refractivity contribution in [2.45, 2.75) is 32.0 Å². The molecule has 0 saturated carbocycles. The van der Waals surface area contributed by atoms with Crippen molar-refractivity contribution in [3.05, 3.63) is 12.2 Å². The summed E-state index contributed by atoms with van der Waals surface area (Å²) in [4.78, 5) is 11.2. The fourth-order valence-electron chi connectivity index (χ4n) is 0.771. The number of carbonyl (C=O) groups excluding carboxylic acids is 1. The van der Waals surface area contributed by atoms with E-state index >= 15 is 0 Å². The van der Waals surface area contributed by atoms with Gasteiger partial charge in [0.25, 0.3) is 0 Å². The van der Waals surface area contributed by atoms with Gasteiger partial charge in [-0.2, -0.15) is 0 Å². The van der Waals surface area contributed by atoms with Gasteiger partial charge in [-0.1, -0.05) is 6.58 Å². The summed E-state index contributed by atoms with van der Waals surface area (Å²) in [6, 6.07) is 0. The molecule has 0 aliphatic rings. The molecule has 0 aliphatic carbocycles. The fraction of sp³-hybridized carbons (Fsp3) is 0.700. The lowest BCUT2D eigenvalue weighted by Crippen LogP contribution is -2.56. The molecular weight excluding hydrogens is 206 g/mol. The third kappa shape index (κ3) is 2.99. The van der Waals surface area contributed by atoms with Crippen LogP contribution in [-0.2, 0) is 9.53 Å². The maximum Gasteiger partial charge on any atom is 0.333 e. The Hall–Kier alpha value is -0.970. The van der Waals surface area contributed by atoms with Gasteiger partial charge in [0.1, 0.15) is 19.0 Å². The summed E-state index contributed by atoms with van der Waals surface area (Å²) >= 11 is 0. The summed E-state index contributed by atoms with van der Waals surface area (Å²) in [5, 5.41) is 9.53. The molecule has 1 N–H and O–H groups in total. The summed E-state index contributed by atoms with van der Waals surface area (Å²) < 4.78 is 29.7. The highest BCUT2D eigenvalue weighted by molar-refractivity contribution is 5.87. The average molecular weight is 222 g/mol. The molecule has 0 radical (unpaired) electrons. The van der Waals surface area contributed by atoms with Crippen molar-refractivity contribution < 1.29 is 23.4 Å². The van der Waals surface area contributed by atoms with E-state index in [0.29, 0.717) is 0 Å². The van der Waals surface area contributed by atoms with Gasteiger partial charge in [0.15, 0.2) is 5.60 Å². The van der Waals surface area contributed by atoms with E-state index in [4.69, 9.17) is 4.74 Å². The number of hydrogen-bond acceptors (Lipinski definition) is 3. The lowest BCUT2D eigenvalue weighted by molar-refractivity contribution is -0.190. The van der Waals surface area contributed by atoms with Crippen molar-refractivity contribution in [1.29, 1.82) is 0 Å². The van der Waals surface area contributed by atoms with Crippen LogP contribution >= 0.6 is 0 Å². The Morgan fingerprint density at radius 1 is 1.40 bits per heavy atom. The Morgan fingerprint density at radius 3 is 2.07 bits per heavy atom. The SMILES string of the molecule is C=C(C)C(=O)OC(C)(C)C(O)(CF)CF. The predicted molar refractivity (Wildman–Crippen MR) is 51.9 cm³/mol. The summed E-state index contributed by atoms with van der Waals surface area (Å²) in [5.41, 5.74) is -3.87. The van der Waals surface area contributed by atoms with Crippen molar-refractivity contribution in [1.82, 2.24) is 0 Å². The first kappa shape index (κ1) is 14.0. The van der Waals surface area contributed by atoms with Crippen LogP contribution in [0.3, 0.4) is 0 Å². The van der Waals surface area contributed by atoms with Gasteiger partial charge >= 0.3 is 5.97 Å². The van der Waals surface area contributed by atoms with E-state index in [1.165, 1.54) is 20.8 Å². The minimum atomic E-state index is -2.32. The Kier molecular flexibility index (Phi) is 4.40. The van der Waals surface area contributed by atoms with E-state index < -0.39 is 30.5 Å². The summed E-state index contributed by atoms with van der Waals surface area (Å²) in [6.07, 6.45) is 0. The molecule has 0 rings (SSSR count). The standard InChI is InChI=1S/C10H16F2O3/c1-7(2)8(13)15-9(3,4)10(14,5-11)6-12/h14H,1,5-6H2,2-4H3. The van der Waals surface area contributed by atoms with Crippen molar-refractivity contribution in [3.63, 3.8) is 0 Å². The fourth-order valence-corrected chi connectivity index (χ4v) is 0.771. The highest BCUT2D eigenvalue weighted by Gasteiger charge is 2.47. The zero-order valence-electron chi connectivity index (χ0n) is 9.14. The topological polar surface area (TPSA) is 46.5 Å². The molecule has 0 aromatic heterocycles. The maximum atomic E-state index is 12.5. The largest absolute Gasteiger partial charge is 0.453 e. The van der Waals surface area contributed by atoms with Crippen LogP contribution in [0, 0.1) is 0 Å². The van der Waals surface area contributed by atoms with Gasteiger partial charge in [-0.3, -0.25) is 0 Å². The van der Waals surface area contributed by atoms with Gasteiger partial charge in [-0.25, -0.2) is 13.6 Å². The van der Waals surface area contributed by atoms with E-state index in [9.17, 15) is 18.7 Å². The molecule has 0 aromatic carbocycles. The van der Waals surface area contributed by atoms with Gasteiger partial charge in [-0.05, 0) is 20.8 Å². The zero-order chi connectivity index (χ0) is 12.3. The molecule has 0 heterocycles. The van der Waals surface area contributed by atoms with Crippen LogP contribution in [0.1, 0.15) is 20.8 Å². The molecule has 0 spiro atoms. The van der Waals surface area contributed by atoms with Gasteiger partial charge < -0.3 is 9.84 Å². The molecule has 0 bridgehead atoms. The number of aliphatic hydroxyl groups is 1. The number of halogens is 2. The Labute approximate surface area is 87.7 Å². The van der Waals surface area contributed by atoms with Crippen LogP contribution in [0.2, 0.25) is 0 Å². The number of carbonyl (C=O) groups is 1. The molecule has 5 heteroatoms. The summed E-state index contributed by atoms with van der Waals surface area (Å²) in [6.45, 7) is 4.55. The molecule has 3 nitrogen and oxygen atoms in total. The first-order chi connectivity index (χ1) is 6.70. The van der Waals surface area contributed by atoms with E-state index in [0.717, 1.165) is 0 Å². The molecule has 0 atom stereocenters. The normalized spacial score (nSPS) is 12.4. The van der Waals surface area contributed by atoms with Gasteiger partial charge in [0.2, 0.25) is 0 Å². The first-order valence-electron chi connectivity index (χ1n) is 4.43. The second kappa shape index (κ2) is 4.70. The van der Waals surface area contributed by atoms with Crippen LogP contribution in [0.5, 0.6) is 0 Å². The number of ether oxygens (including phenoxy) is 1. The minimum Gasteiger partial charge on any atom is -0.453 e. The van der Waals surface area contributed by atoms with E-state index in [1.54, 1.807) is 0 Å². The summed E-state index contributed by atoms with van der Waals surface area (Å²) in [7, 11) is 0. The molecule has 0 unspecified atom stereocenters. The van der Waals surface area contributed by atoms with Crippen molar-refractivity contribution >= 4 is 5.97 Å². The number of hydrogen-bond donors (Lipinski definition) is 1. The monoisotopic (exact) mass is 222 g/mol. The maximum absolute atomic E-state index is 12.5. The highest BCUT2D eigenvalue weighted by Crippen LogP contribution is 2.28.